The van der Waals surface area contributed by atoms with Gasteiger partial charge in [0.05, 0.1) is 15.1 Å². The molecule has 1 amide bonds. The van der Waals surface area contributed by atoms with E-state index in [4.69, 9.17) is 11.6 Å². The van der Waals surface area contributed by atoms with Crippen LogP contribution in [-0.4, -0.2) is 36.3 Å². The van der Waals surface area contributed by atoms with Crippen LogP contribution in [0.3, 0.4) is 0 Å². The molecule has 164 valence electrons. The van der Waals surface area contributed by atoms with Gasteiger partial charge in [0.1, 0.15) is 0 Å². The lowest BCUT2D eigenvalue weighted by atomic mass is 9.96. The molecule has 1 fully saturated rings. The minimum atomic E-state index is -3.59. The molecule has 2 aromatic carbocycles. The SMILES string of the molecule is CN(C1CCCCC1)S(=O)(=O)c1ccc(C(=O)N=c2sc3cc(Cl)ccc3n2C)cc1. The Bertz CT molecular complexity index is 1290. The summed E-state index contributed by atoms with van der Waals surface area (Å²) in [4.78, 5) is 17.7. The second-order valence-electron chi connectivity index (χ2n) is 7.81. The van der Waals surface area contributed by atoms with Gasteiger partial charge in [-0.15, -0.1) is 0 Å². The van der Waals surface area contributed by atoms with Gasteiger partial charge >= 0.3 is 0 Å². The molecule has 4 rings (SSSR count). The van der Waals surface area contributed by atoms with E-state index < -0.39 is 15.9 Å². The van der Waals surface area contributed by atoms with E-state index in [0.717, 1.165) is 42.3 Å². The van der Waals surface area contributed by atoms with Crippen molar-refractivity contribution in [1.29, 1.82) is 0 Å². The van der Waals surface area contributed by atoms with Crippen LogP contribution in [0.15, 0.2) is 52.4 Å². The number of sulfonamides is 1. The number of hydrogen-bond acceptors (Lipinski definition) is 4. The standard InChI is InChI=1S/C22H24ClN3O3S2/c1-25-19-13-10-16(23)14-20(19)30-22(25)24-21(27)15-8-11-18(12-9-15)31(28,29)26(2)17-6-4-3-5-7-17/h8-14,17H,3-7H2,1-2H3. The van der Waals surface area contributed by atoms with E-state index in [1.165, 1.54) is 39.9 Å². The Morgan fingerprint density at radius 2 is 1.81 bits per heavy atom. The van der Waals surface area contributed by atoms with Crippen LogP contribution in [-0.2, 0) is 17.1 Å². The summed E-state index contributed by atoms with van der Waals surface area (Å²) in [5.74, 6) is -0.419. The minimum Gasteiger partial charge on any atom is -0.319 e. The van der Waals surface area contributed by atoms with Crippen molar-refractivity contribution in [2.45, 2.75) is 43.0 Å². The number of halogens is 1. The molecule has 0 unspecified atom stereocenters. The lowest BCUT2D eigenvalue weighted by molar-refractivity contribution is 0.0998. The smallest absolute Gasteiger partial charge is 0.279 e. The highest BCUT2D eigenvalue weighted by atomic mass is 35.5. The Morgan fingerprint density at radius 1 is 1.13 bits per heavy atom. The first-order valence-corrected chi connectivity index (χ1v) is 12.8. The van der Waals surface area contributed by atoms with Gasteiger partial charge in [-0.1, -0.05) is 42.2 Å². The quantitative estimate of drug-likeness (QED) is 0.551. The largest absolute Gasteiger partial charge is 0.319 e. The lowest BCUT2D eigenvalue weighted by Gasteiger charge is -2.30. The maximum absolute atomic E-state index is 13.0. The Balaban J connectivity index is 1.58. The van der Waals surface area contributed by atoms with Gasteiger partial charge in [-0.05, 0) is 55.3 Å². The summed E-state index contributed by atoms with van der Waals surface area (Å²) >= 11 is 7.43. The molecule has 31 heavy (non-hydrogen) atoms. The molecular weight excluding hydrogens is 454 g/mol. The average Bonchev–Trinajstić information content (AvgIpc) is 3.08. The number of amides is 1. The van der Waals surface area contributed by atoms with Crippen LogP contribution in [0.25, 0.3) is 10.2 Å². The van der Waals surface area contributed by atoms with Crippen molar-refractivity contribution in [2.75, 3.05) is 7.05 Å². The van der Waals surface area contributed by atoms with Crippen molar-refractivity contribution >= 4 is 49.1 Å². The van der Waals surface area contributed by atoms with Crippen molar-refractivity contribution in [2.24, 2.45) is 12.0 Å². The van der Waals surface area contributed by atoms with Crippen LogP contribution in [0.2, 0.25) is 5.02 Å². The molecule has 1 saturated carbocycles. The molecule has 0 spiro atoms. The number of thiazole rings is 1. The Kier molecular flexibility index (Phi) is 6.35. The molecule has 0 aliphatic heterocycles. The first-order chi connectivity index (χ1) is 14.8. The number of aromatic nitrogens is 1. The van der Waals surface area contributed by atoms with E-state index in [9.17, 15) is 13.2 Å². The summed E-state index contributed by atoms with van der Waals surface area (Å²) < 4.78 is 30.2. The van der Waals surface area contributed by atoms with Crippen LogP contribution in [0.4, 0.5) is 0 Å². The molecule has 0 saturated heterocycles. The molecule has 1 aromatic heterocycles. The van der Waals surface area contributed by atoms with Crippen LogP contribution in [0, 0.1) is 0 Å². The van der Waals surface area contributed by atoms with Crippen LogP contribution in [0.5, 0.6) is 0 Å². The van der Waals surface area contributed by atoms with Gasteiger partial charge in [0.15, 0.2) is 4.80 Å². The Hall–Kier alpha value is -2.00. The number of nitrogens with zero attached hydrogens (tertiary/aromatic N) is 3. The molecule has 3 aromatic rings. The van der Waals surface area contributed by atoms with Crippen molar-refractivity contribution in [1.82, 2.24) is 8.87 Å². The zero-order valence-corrected chi connectivity index (χ0v) is 19.8. The topological polar surface area (TPSA) is 71.7 Å². The van der Waals surface area contributed by atoms with Crippen molar-refractivity contribution < 1.29 is 13.2 Å². The van der Waals surface area contributed by atoms with Crippen LogP contribution >= 0.6 is 22.9 Å². The lowest BCUT2D eigenvalue weighted by Crippen LogP contribution is -2.38. The highest BCUT2D eigenvalue weighted by Crippen LogP contribution is 2.26. The van der Waals surface area contributed by atoms with E-state index >= 15 is 0 Å². The average molecular weight is 478 g/mol. The predicted molar refractivity (Wildman–Crippen MR) is 124 cm³/mol. The van der Waals surface area contributed by atoms with Crippen molar-refractivity contribution in [3.8, 4) is 0 Å². The van der Waals surface area contributed by atoms with E-state index in [0.29, 0.717) is 15.4 Å². The fourth-order valence-corrected chi connectivity index (χ4v) is 6.65. The monoisotopic (exact) mass is 477 g/mol. The number of rotatable bonds is 4. The number of carbonyl (C=O) groups is 1. The number of aryl methyl sites for hydroxylation is 1. The summed E-state index contributed by atoms with van der Waals surface area (Å²) in [5.41, 5.74) is 1.28. The molecule has 0 bridgehead atoms. The number of benzene rings is 2. The highest BCUT2D eigenvalue weighted by molar-refractivity contribution is 7.89. The Labute approximate surface area is 190 Å². The van der Waals surface area contributed by atoms with Gasteiger partial charge in [0, 0.05) is 30.7 Å². The van der Waals surface area contributed by atoms with E-state index in [1.807, 2.05) is 23.7 Å². The van der Waals surface area contributed by atoms with E-state index in [1.54, 1.807) is 13.1 Å². The third-order valence-electron chi connectivity index (χ3n) is 5.84. The van der Waals surface area contributed by atoms with E-state index in [-0.39, 0.29) is 10.9 Å². The molecule has 1 heterocycles. The molecule has 1 aliphatic carbocycles. The summed E-state index contributed by atoms with van der Waals surface area (Å²) in [6, 6.07) is 11.6. The second kappa shape index (κ2) is 8.86. The maximum Gasteiger partial charge on any atom is 0.279 e. The molecule has 6 nitrogen and oxygen atoms in total. The predicted octanol–water partition coefficient (Wildman–Crippen LogP) is 4.59. The summed E-state index contributed by atoms with van der Waals surface area (Å²) in [6.45, 7) is 0. The summed E-state index contributed by atoms with van der Waals surface area (Å²) in [5, 5.41) is 0.627. The molecule has 0 radical (unpaired) electrons. The van der Waals surface area contributed by atoms with Gasteiger partial charge in [0.2, 0.25) is 10.0 Å². The molecule has 9 heteroatoms. The molecular formula is C22H24ClN3O3S2. The highest BCUT2D eigenvalue weighted by Gasteiger charge is 2.29. The van der Waals surface area contributed by atoms with Crippen molar-refractivity contribution in [3.63, 3.8) is 0 Å². The fraction of sp³-hybridized carbons (Fsp3) is 0.364. The first kappa shape index (κ1) is 22.2. The zero-order valence-electron chi connectivity index (χ0n) is 17.4. The normalized spacial score (nSPS) is 16.3. The van der Waals surface area contributed by atoms with Gasteiger partial charge in [-0.2, -0.15) is 9.30 Å². The number of carbonyl (C=O) groups excluding carboxylic acids is 1. The minimum absolute atomic E-state index is 0.0384. The van der Waals surface area contributed by atoms with E-state index in [2.05, 4.69) is 4.99 Å². The van der Waals surface area contributed by atoms with Gasteiger partial charge < -0.3 is 4.57 Å². The molecule has 1 aliphatic rings. The second-order valence-corrected chi connectivity index (χ2v) is 11.3. The van der Waals surface area contributed by atoms with Gasteiger partial charge in [0.25, 0.3) is 5.91 Å². The van der Waals surface area contributed by atoms with Crippen LogP contribution in [0.1, 0.15) is 42.5 Å². The fourth-order valence-electron chi connectivity index (χ4n) is 3.94. The Morgan fingerprint density at radius 3 is 2.48 bits per heavy atom. The number of fused-ring (bicyclic) bond motifs is 1. The van der Waals surface area contributed by atoms with Crippen molar-refractivity contribution in [3.05, 3.63) is 57.9 Å². The van der Waals surface area contributed by atoms with Gasteiger partial charge in [-0.25, -0.2) is 8.42 Å². The summed E-state index contributed by atoms with van der Waals surface area (Å²) in [6.07, 6.45) is 5.06. The first-order valence-electron chi connectivity index (χ1n) is 10.2. The maximum atomic E-state index is 13.0. The third kappa shape index (κ3) is 4.48. The molecule has 0 atom stereocenters. The number of hydrogen-bond donors (Lipinski definition) is 0. The molecule has 0 N–H and O–H groups in total. The zero-order chi connectivity index (χ0) is 22.2. The third-order valence-corrected chi connectivity index (χ3v) is 9.09. The van der Waals surface area contributed by atoms with Gasteiger partial charge in [-0.3, -0.25) is 4.79 Å². The summed E-state index contributed by atoms with van der Waals surface area (Å²) in [7, 11) is -0.102. The van der Waals surface area contributed by atoms with Crippen LogP contribution < -0.4 is 4.80 Å².